The Kier molecular flexibility index (Phi) is 15.6. The molecule has 2 aromatic rings. The van der Waals surface area contributed by atoms with Crippen LogP contribution in [0.3, 0.4) is 0 Å². The van der Waals surface area contributed by atoms with Crippen LogP contribution in [-0.4, -0.2) is 34.7 Å². The van der Waals surface area contributed by atoms with E-state index in [2.05, 4.69) is 87.4 Å². The summed E-state index contributed by atoms with van der Waals surface area (Å²) in [6.45, 7) is 22.2. The van der Waals surface area contributed by atoms with E-state index in [9.17, 15) is 10.2 Å². The van der Waals surface area contributed by atoms with Gasteiger partial charge in [-0.1, -0.05) is 87.3 Å². The molecule has 5 heteroatoms. The molecule has 0 spiro atoms. The topological polar surface area (TPSA) is 65.2 Å². The third-order valence-electron chi connectivity index (χ3n) is 11.0. The largest absolute Gasteiger partial charge is 0.507 e. The van der Waals surface area contributed by atoms with Crippen LogP contribution < -0.4 is 0 Å². The first kappa shape index (κ1) is 40.9. The molecule has 1 fully saturated rings. The molecule has 3 rings (SSSR count). The standard InChI is InChI=1S/C39H60N2O2.CH3.Co/c1-11-38(12-2,13-3)31-22-27(7)21-28(35(31)42)25-40-33-19-17-18-20-34(33)41-26-29-23-30(37(8,9)10)24-32(36(29)43)39(14-4,15-5)16-6;;/h21-26,33-34,42-43H,11-20H2,1-10H3;1H3;/q;-1;. The van der Waals surface area contributed by atoms with Gasteiger partial charge in [0.15, 0.2) is 0 Å². The van der Waals surface area contributed by atoms with Crippen LogP contribution in [-0.2, 0) is 33.0 Å². The summed E-state index contributed by atoms with van der Waals surface area (Å²) in [6, 6.07) is 8.68. The minimum Gasteiger partial charge on any atom is -0.507 e. The van der Waals surface area contributed by atoms with Gasteiger partial charge in [-0.25, -0.2) is 0 Å². The maximum atomic E-state index is 11.6. The van der Waals surface area contributed by atoms with Crippen molar-refractivity contribution in [3.05, 3.63) is 65.1 Å². The molecule has 1 aliphatic carbocycles. The zero-order valence-electron chi connectivity index (χ0n) is 30.3. The number of benzene rings is 2. The summed E-state index contributed by atoms with van der Waals surface area (Å²) >= 11 is 0. The first-order valence-electron chi connectivity index (χ1n) is 17.1. The Morgan fingerprint density at radius 2 is 1.04 bits per heavy atom. The molecule has 1 radical (unpaired) electrons. The second kappa shape index (κ2) is 17.2. The van der Waals surface area contributed by atoms with Crippen molar-refractivity contribution in [2.75, 3.05) is 0 Å². The molecular formula is C40H63CoN2O2-. The number of phenolic OH excluding ortho intramolecular Hbond substituents is 2. The van der Waals surface area contributed by atoms with Gasteiger partial charge in [0.05, 0.1) is 12.1 Å². The van der Waals surface area contributed by atoms with Gasteiger partial charge in [-0.05, 0) is 97.8 Å². The minimum absolute atomic E-state index is 0. The smallest absolute Gasteiger partial charge is 0.128 e. The van der Waals surface area contributed by atoms with Crippen molar-refractivity contribution in [1.82, 2.24) is 0 Å². The van der Waals surface area contributed by atoms with E-state index in [1.54, 1.807) is 0 Å². The number of rotatable bonds is 12. The second-order valence-electron chi connectivity index (χ2n) is 14.1. The van der Waals surface area contributed by atoms with Crippen LogP contribution in [0.25, 0.3) is 0 Å². The zero-order chi connectivity index (χ0) is 32.0. The van der Waals surface area contributed by atoms with Gasteiger partial charge in [-0.15, -0.1) is 0 Å². The van der Waals surface area contributed by atoms with Gasteiger partial charge < -0.3 is 17.6 Å². The van der Waals surface area contributed by atoms with E-state index in [0.717, 1.165) is 92.0 Å². The molecule has 2 aromatic carbocycles. The number of aliphatic imine (C=N–C) groups is 2. The molecule has 0 amide bonds. The molecule has 0 heterocycles. The van der Waals surface area contributed by atoms with Gasteiger partial charge in [0.1, 0.15) is 11.5 Å². The van der Waals surface area contributed by atoms with Gasteiger partial charge in [-0.2, -0.15) is 0 Å². The van der Waals surface area contributed by atoms with Crippen LogP contribution in [0.15, 0.2) is 34.3 Å². The summed E-state index contributed by atoms with van der Waals surface area (Å²) in [5.41, 5.74) is 5.99. The third kappa shape index (κ3) is 8.83. The Morgan fingerprint density at radius 1 is 0.667 bits per heavy atom. The number of hydrogen-bond acceptors (Lipinski definition) is 4. The summed E-state index contributed by atoms with van der Waals surface area (Å²) in [4.78, 5) is 10.2. The molecule has 45 heavy (non-hydrogen) atoms. The van der Waals surface area contributed by atoms with E-state index in [0.29, 0.717) is 11.5 Å². The molecule has 2 N–H and O–H groups in total. The fraction of sp³-hybridized carbons (Fsp3) is 0.625. The first-order valence-corrected chi connectivity index (χ1v) is 17.1. The molecule has 255 valence electrons. The number of aryl methyl sites for hydroxylation is 1. The SMILES string of the molecule is CCC(CC)(CC)c1cc(C)cc(C=NC2CCCCC2N=Cc2cc(C(C)(C)C)cc(C(CC)(CC)CC)c2O)c1O.[CH3-].[Co]. The Bertz CT molecular complexity index is 1270. The van der Waals surface area contributed by atoms with Crippen molar-refractivity contribution >= 4 is 12.4 Å². The fourth-order valence-corrected chi connectivity index (χ4v) is 7.34. The quantitative estimate of drug-likeness (QED) is 0.175. The average Bonchev–Trinajstić information content (AvgIpc) is 3.00. The summed E-state index contributed by atoms with van der Waals surface area (Å²) in [5.74, 6) is 0.750. The van der Waals surface area contributed by atoms with Crippen molar-refractivity contribution < 1.29 is 27.0 Å². The van der Waals surface area contributed by atoms with Crippen molar-refractivity contribution in [3.8, 4) is 11.5 Å². The normalized spacial score (nSPS) is 17.8. The number of phenols is 2. The summed E-state index contributed by atoms with van der Waals surface area (Å²) in [6.07, 6.45) is 14.0. The number of nitrogens with zero attached hydrogens (tertiary/aromatic N) is 2. The Morgan fingerprint density at radius 3 is 1.42 bits per heavy atom. The van der Waals surface area contributed by atoms with Crippen LogP contribution in [0.2, 0.25) is 0 Å². The monoisotopic (exact) mass is 662 g/mol. The maximum Gasteiger partial charge on any atom is 0.128 e. The van der Waals surface area contributed by atoms with E-state index in [1.165, 1.54) is 5.56 Å². The Balaban J connectivity index is 0.00000506. The molecule has 1 saturated carbocycles. The fourth-order valence-electron chi connectivity index (χ4n) is 7.34. The van der Waals surface area contributed by atoms with Crippen LogP contribution in [0.4, 0.5) is 0 Å². The van der Waals surface area contributed by atoms with Crippen molar-refractivity contribution in [1.29, 1.82) is 0 Å². The van der Waals surface area contributed by atoms with Gasteiger partial charge in [0.25, 0.3) is 0 Å². The minimum atomic E-state index is -0.0504. The molecule has 0 aromatic heterocycles. The number of aromatic hydroxyl groups is 2. The molecule has 0 aliphatic heterocycles. The van der Waals surface area contributed by atoms with E-state index in [4.69, 9.17) is 9.98 Å². The van der Waals surface area contributed by atoms with Gasteiger partial charge >= 0.3 is 0 Å². The molecule has 0 saturated heterocycles. The van der Waals surface area contributed by atoms with Crippen LogP contribution in [0, 0.1) is 14.4 Å². The van der Waals surface area contributed by atoms with Crippen LogP contribution in [0.5, 0.6) is 11.5 Å². The third-order valence-corrected chi connectivity index (χ3v) is 11.0. The van der Waals surface area contributed by atoms with E-state index >= 15 is 0 Å². The van der Waals surface area contributed by atoms with Crippen molar-refractivity contribution in [2.24, 2.45) is 9.98 Å². The predicted octanol–water partition coefficient (Wildman–Crippen LogP) is 10.9. The number of hydrogen-bond donors (Lipinski definition) is 2. The maximum absolute atomic E-state index is 11.6. The second-order valence-corrected chi connectivity index (χ2v) is 14.1. The van der Waals surface area contributed by atoms with Crippen LogP contribution in [0.1, 0.15) is 160 Å². The molecule has 2 atom stereocenters. The first-order chi connectivity index (χ1) is 20.3. The predicted molar refractivity (Wildman–Crippen MR) is 192 cm³/mol. The zero-order valence-corrected chi connectivity index (χ0v) is 31.4. The van der Waals surface area contributed by atoms with E-state index in [-0.39, 0.29) is 52.5 Å². The Labute approximate surface area is 286 Å². The molecule has 0 bridgehead atoms. The Hall–Kier alpha value is -2.11. The van der Waals surface area contributed by atoms with Crippen LogP contribution >= 0.6 is 0 Å². The van der Waals surface area contributed by atoms with E-state index in [1.807, 2.05) is 18.5 Å². The summed E-state index contributed by atoms with van der Waals surface area (Å²) < 4.78 is 0. The molecular weight excluding hydrogens is 599 g/mol. The van der Waals surface area contributed by atoms with Gasteiger partial charge in [0, 0.05) is 51.5 Å². The molecule has 4 nitrogen and oxygen atoms in total. The molecule has 2 unspecified atom stereocenters. The van der Waals surface area contributed by atoms with E-state index < -0.39 is 0 Å². The summed E-state index contributed by atoms with van der Waals surface area (Å²) in [5, 5.41) is 23.0. The average molecular weight is 663 g/mol. The molecule has 1 aliphatic rings. The van der Waals surface area contributed by atoms with Gasteiger partial charge in [0.2, 0.25) is 0 Å². The van der Waals surface area contributed by atoms with Crippen molar-refractivity contribution in [2.45, 2.75) is 162 Å². The van der Waals surface area contributed by atoms with Gasteiger partial charge in [-0.3, -0.25) is 9.98 Å². The van der Waals surface area contributed by atoms with Crippen molar-refractivity contribution in [3.63, 3.8) is 0 Å². The summed E-state index contributed by atoms with van der Waals surface area (Å²) in [7, 11) is 0.